The third-order valence-corrected chi connectivity index (χ3v) is 3.85. The van der Waals surface area contributed by atoms with Crippen LogP contribution in [-0.4, -0.2) is 39.2 Å². The van der Waals surface area contributed by atoms with Crippen molar-refractivity contribution in [3.05, 3.63) is 59.7 Å². The van der Waals surface area contributed by atoms with Crippen LogP contribution in [0.25, 0.3) is 0 Å². The van der Waals surface area contributed by atoms with E-state index in [-0.39, 0.29) is 5.91 Å². The van der Waals surface area contributed by atoms with E-state index in [1.165, 1.54) is 12.7 Å². The summed E-state index contributed by atoms with van der Waals surface area (Å²) in [6, 6.07) is 14.6. The number of amides is 1. The zero-order valence-corrected chi connectivity index (χ0v) is 15.1. The van der Waals surface area contributed by atoms with Crippen molar-refractivity contribution in [2.45, 2.75) is 12.8 Å². The van der Waals surface area contributed by atoms with Crippen LogP contribution in [0.4, 0.5) is 5.69 Å². The smallest absolute Gasteiger partial charge is 0.337 e. The van der Waals surface area contributed by atoms with E-state index >= 15 is 0 Å². The minimum absolute atomic E-state index is 0.107. The minimum atomic E-state index is -0.429. The van der Waals surface area contributed by atoms with Crippen LogP contribution in [0.15, 0.2) is 48.5 Å². The summed E-state index contributed by atoms with van der Waals surface area (Å²) in [5, 5.41) is 6.03. The number of carbonyl (C=O) groups excluding carboxylic acids is 2. The van der Waals surface area contributed by atoms with Crippen molar-refractivity contribution < 1.29 is 19.1 Å². The lowest BCUT2D eigenvalue weighted by molar-refractivity contribution is -0.116. The topological polar surface area (TPSA) is 76.7 Å². The maximum atomic E-state index is 12.0. The van der Waals surface area contributed by atoms with Crippen LogP contribution in [0, 0.1) is 0 Å². The average molecular weight is 356 g/mol. The first-order valence-corrected chi connectivity index (χ1v) is 8.44. The molecule has 0 saturated carbocycles. The number of nitrogens with one attached hydrogen (secondary N) is 2. The Morgan fingerprint density at radius 1 is 1.00 bits per heavy atom. The average Bonchev–Trinajstić information content (AvgIpc) is 2.67. The predicted molar refractivity (Wildman–Crippen MR) is 101 cm³/mol. The molecule has 2 rings (SSSR count). The number of ether oxygens (including phenoxy) is 2. The van der Waals surface area contributed by atoms with Gasteiger partial charge >= 0.3 is 5.97 Å². The monoisotopic (exact) mass is 356 g/mol. The Bertz CT molecular complexity index is 729. The van der Waals surface area contributed by atoms with Gasteiger partial charge in [0.2, 0.25) is 5.91 Å². The van der Waals surface area contributed by atoms with Crippen LogP contribution in [0.2, 0.25) is 0 Å². The normalized spacial score (nSPS) is 10.2. The first-order valence-electron chi connectivity index (χ1n) is 8.44. The second kappa shape index (κ2) is 10.2. The highest BCUT2D eigenvalue weighted by atomic mass is 16.5. The highest BCUT2D eigenvalue weighted by molar-refractivity contribution is 5.94. The third kappa shape index (κ3) is 6.22. The fourth-order valence-corrected chi connectivity index (χ4v) is 2.42. The molecule has 6 nitrogen and oxygen atoms in total. The molecule has 26 heavy (non-hydrogen) atoms. The fraction of sp³-hybridized carbons (Fsp3) is 0.300. The maximum Gasteiger partial charge on any atom is 0.337 e. The summed E-state index contributed by atoms with van der Waals surface area (Å²) in [4.78, 5) is 23.5. The summed E-state index contributed by atoms with van der Waals surface area (Å²) < 4.78 is 9.80. The largest absolute Gasteiger partial charge is 0.497 e. The molecule has 0 aliphatic heterocycles. The highest BCUT2D eigenvalue weighted by Crippen LogP contribution is 2.12. The quantitative estimate of drug-likeness (QED) is 0.534. The Labute approximate surface area is 153 Å². The molecule has 2 aromatic carbocycles. The van der Waals surface area contributed by atoms with Gasteiger partial charge in [-0.15, -0.1) is 0 Å². The van der Waals surface area contributed by atoms with E-state index in [0.29, 0.717) is 24.2 Å². The standard InChI is InChI=1S/C20H24N2O4/c1-25-18-8-6-15(7-9-18)10-12-21-13-11-19(23)22-17-5-3-4-16(14-17)20(24)26-2/h3-9,14,21H,10-13H2,1-2H3,(H,22,23). The minimum Gasteiger partial charge on any atom is -0.497 e. The molecule has 2 aromatic rings. The van der Waals surface area contributed by atoms with Crippen LogP contribution in [-0.2, 0) is 16.0 Å². The number of rotatable bonds is 9. The Morgan fingerprint density at radius 2 is 1.77 bits per heavy atom. The van der Waals surface area contributed by atoms with Gasteiger partial charge < -0.3 is 20.1 Å². The highest BCUT2D eigenvalue weighted by Gasteiger charge is 2.07. The number of hydrogen-bond donors (Lipinski definition) is 2. The Kier molecular flexibility index (Phi) is 7.64. The molecule has 0 atom stereocenters. The van der Waals surface area contributed by atoms with E-state index in [2.05, 4.69) is 15.4 Å². The lowest BCUT2D eigenvalue weighted by Crippen LogP contribution is -2.23. The molecular weight excluding hydrogens is 332 g/mol. The maximum absolute atomic E-state index is 12.0. The van der Waals surface area contributed by atoms with E-state index in [4.69, 9.17) is 4.74 Å². The van der Waals surface area contributed by atoms with Gasteiger partial charge in [-0.3, -0.25) is 4.79 Å². The number of hydrogen-bond acceptors (Lipinski definition) is 5. The van der Waals surface area contributed by atoms with Gasteiger partial charge in [0.25, 0.3) is 0 Å². The second-order valence-corrected chi connectivity index (χ2v) is 5.72. The molecule has 0 fully saturated rings. The van der Waals surface area contributed by atoms with E-state index < -0.39 is 5.97 Å². The lowest BCUT2D eigenvalue weighted by atomic mass is 10.1. The fourth-order valence-electron chi connectivity index (χ4n) is 2.42. The lowest BCUT2D eigenvalue weighted by Gasteiger charge is -2.08. The molecule has 0 aliphatic carbocycles. The molecule has 0 radical (unpaired) electrons. The molecule has 0 aromatic heterocycles. The molecule has 0 bridgehead atoms. The van der Waals surface area contributed by atoms with E-state index in [0.717, 1.165) is 18.7 Å². The number of esters is 1. The van der Waals surface area contributed by atoms with Crippen molar-refractivity contribution in [2.75, 3.05) is 32.6 Å². The van der Waals surface area contributed by atoms with Crippen LogP contribution in [0.1, 0.15) is 22.3 Å². The van der Waals surface area contributed by atoms with Gasteiger partial charge in [0.1, 0.15) is 5.75 Å². The van der Waals surface area contributed by atoms with Crippen molar-refractivity contribution >= 4 is 17.6 Å². The van der Waals surface area contributed by atoms with E-state index in [1.807, 2.05) is 24.3 Å². The number of carbonyl (C=O) groups is 2. The zero-order chi connectivity index (χ0) is 18.8. The molecule has 0 unspecified atom stereocenters. The molecule has 0 saturated heterocycles. The molecule has 0 spiro atoms. The Morgan fingerprint density at radius 3 is 2.46 bits per heavy atom. The van der Waals surface area contributed by atoms with Gasteiger partial charge in [-0.1, -0.05) is 18.2 Å². The number of anilines is 1. The van der Waals surface area contributed by atoms with Crippen molar-refractivity contribution in [3.63, 3.8) is 0 Å². The van der Waals surface area contributed by atoms with Crippen molar-refractivity contribution in [2.24, 2.45) is 0 Å². The molecule has 0 aliphatic rings. The molecule has 6 heteroatoms. The van der Waals surface area contributed by atoms with Crippen LogP contribution >= 0.6 is 0 Å². The number of benzene rings is 2. The molecule has 1 amide bonds. The SMILES string of the molecule is COC(=O)c1cccc(NC(=O)CCNCCc2ccc(OC)cc2)c1. The Balaban J connectivity index is 1.68. The van der Waals surface area contributed by atoms with Crippen LogP contribution < -0.4 is 15.4 Å². The van der Waals surface area contributed by atoms with Gasteiger partial charge in [0.15, 0.2) is 0 Å². The third-order valence-electron chi connectivity index (χ3n) is 3.85. The van der Waals surface area contributed by atoms with Gasteiger partial charge in [-0.2, -0.15) is 0 Å². The molecule has 2 N–H and O–H groups in total. The van der Waals surface area contributed by atoms with Gasteiger partial charge in [-0.25, -0.2) is 4.79 Å². The Hall–Kier alpha value is -2.86. The molecule has 0 heterocycles. The zero-order valence-electron chi connectivity index (χ0n) is 15.1. The summed E-state index contributed by atoms with van der Waals surface area (Å²) in [6.07, 6.45) is 1.23. The summed E-state index contributed by atoms with van der Waals surface area (Å²) in [6.45, 7) is 1.37. The van der Waals surface area contributed by atoms with Crippen molar-refractivity contribution in [3.8, 4) is 5.75 Å². The van der Waals surface area contributed by atoms with E-state index in [9.17, 15) is 9.59 Å². The molecule has 138 valence electrons. The van der Waals surface area contributed by atoms with E-state index in [1.54, 1.807) is 31.4 Å². The number of methoxy groups -OCH3 is 2. The van der Waals surface area contributed by atoms with Gasteiger partial charge in [0.05, 0.1) is 19.8 Å². The predicted octanol–water partition coefficient (Wildman–Crippen LogP) is 2.64. The first-order chi connectivity index (χ1) is 12.6. The van der Waals surface area contributed by atoms with Crippen molar-refractivity contribution in [1.29, 1.82) is 0 Å². The summed E-state index contributed by atoms with van der Waals surface area (Å²) in [5.74, 6) is 0.305. The van der Waals surface area contributed by atoms with Crippen LogP contribution in [0.5, 0.6) is 5.75 Å². The summed E-state index contributed by atoms with van der Waals surface area (Å²) >= 11 is 0. The first kappa shape index (κ1) is 19.5. The van der Waals surface area contributed by atoms with Gasteiger partial charge in [0, 0.05) is 18.7 Å². The van der Waals surface area contributed by atoms with Crippen LogP contribution in [0.3, 0.4) is 0 Å². The van der Waals surface area contributed by atoms with Gasteiger partial charge in [-0.05, 0) is 48.9 Å². The second-order valence-electron chi connectivity index (χ2n) is 5.72. The summed E-state index contributed by atoms with van der Waals surface area (Å²) in [7, 11) is 2.97. The summed E-state index contributed by atoms with van der Waals surface area (Å²) in [5.41, 5.74) is 2.20. The van der Waals surface area contributed by atoms with Crippen molar-refractivity contribution in [1.82, 2.24) is 5.32 Å². The molecular formula is C20H24N2O4.